The molecule has 0 radical (unpaired) electrons. The molecule has 35 heavy (non-hydrogen) atoms. The molecule has 1 N–H and O–H groups in total. The number of ether oxygens (including phenoxy) is 2. The molecule has 0 bridgehead atoms. The Labute approximate surface area is 208 Å². The molecule has 2 saturated heterocycles. The minimum absolute atomic E-state index is 0.0915. The second kappa shape index (κ2) is 10.1. The highest BCUT2D eigenvalue weighted by Crippen LogP contribution is 2.57. The summed E-state index contributed by atoms with van der Waals surface area (Å²) in [4.78, 5) is 45.1. The SMILES string of the molecule is CCCCN1CC=C[C@]23O[C@]4(C)/C=C\CCCCOC(=O)[C@@H]4[C@H]2C(=O)N([C@@H](CO)C(C)C)C3C1=O. The molecule has 194 valence electrons. The van der Waals surface area contributed by atoms with Gasteiger partial charge in [-0.2, -0.15) is 0 Å². The number of allylic oxidation sites excluding steroid dienone is 1. The maximum absolute atomic E-state index is 14.2. The summed E-state index contributed by atoms with van der Waals surface area (Å²) in [5.41, 5.74) is -2.40. The molecule has 1 unspecified atom stereocenters. The number of likely N-dealkylation sites (tertiary alicyclic amines) is 1. The maximum atomic E-state index is 14.2. The lowest BCUT2D eigenvalue weighted by molar-refractivity contribution is -0.162. The Kier molecular flexibility index (Phi) is 7.44. The number of cyclic esters (lactones) is 1. The second-order valence-electron chi connectivity index (χ2n) is 10.8. The first-order valence-electron chi connectivity index (χ1n) is 13.2. The predicted molar refractivity (Wildman–Crippen MR) is 130 cm³/mol. The standard InChI is InChI=1S/C27H40N2O6/c1-5-6-14-28-15-11-13-27-20(23(31)29(22(27)24(28)32)19(17-30)18(2)3)21-25(33)34-16-10-8-7-9-12-26(21,4)35-27/h9,11-13,18-22,30H,5-8,10,14-17H2,1-4H3/b12-9-/t19-,20-,21-,22?,26+,27-/m0/s1. The van der Waals surface area contributed by atoms with Crippen LogP contribution in [-0.4, -0.2) is 82.3 Å². The fraction of sp³-hybridized carbons (Fsp3) is 0.741. The Morgan fingerprint density at radius 3 is 2.57 bits per heavy atom. The summed E-state index contributed by atoms with van der Waals surface area (Å²) < 4.78 is 12.4. The number of aliphatic hydroxyl groups is 1. The number of unbranched alkanes of at least 4 members (excludes halogenated alkanes) is 1. The van der Waals surface area contributed by atoms with E-state index in [1.807, 2.05) is 45.1 Å². The average molecular weight is 489 g/mol. The van der Waals surface area contributed by atoms with Crippen LogP contribution in [-0.2, 0) is 23.9 Å². The van der Waals surface area contributed by atoms with Crippen LogP contribution in [0.1, 0.15) is 59.8 Å². The highest BCUT2D eigenvalue weighted by atomic mass is 16.6. The zero-order valence-electron chi connectivity index (χ0n) is 21.4. The number of nitrogens with zero attached hydrogens (tertiary/aromatic N) is 2. The van der Waals surface area contributed by atoms with Crippen molar-refractivity contribution in [2.75, 3.05) is 26.3 Å². The van der Waals surface area contributed by atoms with Gasteiger partial charge in [-0.25, -0.2) is 0 Å². The van der Waals surface area contributed by atoms with Gasteiger partial charge in [0.1, 0.15) is 17.6 Å². The highest BCUT2D eigenvalue weighted by molar-refractivity contribution is 5.99. The maximum Gasteiger partial charge on any atom is 0.313 e. The number of carbonyl (C=O) groups excluding carboxylic acids is 3. The molecule has 2 amide bonds. The van der Waals surface area contributed by atoms with E-state index in [0.29, 0.717) is 19.7 Å². The van der Waals surface area contributed by atoms with Crippen molar-refractivity contribution in [1.29, 1.82) is 0 Å². The van der Waals surface area contributed by atoms with Gasteiger partial charge >= 0.3 is 5.97 Å². The number of aliphatic hydroxyl groups excluding tert-OH is 1. The van der Waals surface area contributed by atoms with E-state index in [2.05, 4.69) is 6.92 Å². The summed E-state index contributed by atoms with van der Waals surface area (Å²) in [6.45, 7) is 8.76. The molecule has 0 aromatic carbocycles. The smallest absolute Gasteiger partial charge is 0.313 e. The molecule has 4 rings (SSSR count). The fourth-order valence-electron chi connectivity index (χ4n) is 6.31. The monoisotopic (exact) mass is 488 g/mol. The summed E-state index contributed by atoms with van der Waals surface area (Å²) in [5, 5.41) is 10.3. The van der Waals surface area contributed by atoms with Crippen molar-refractivity contribution in [2.45, 2.75) is 83.1 Å². The number of esters is 1. The first-order chi connectivity index (χ1) is 16.7. The summed E-state index contributed by atoms with van der Waals surface area (Å²) in [6.07, 6.45) is 11.9. The largest absolute Gasteiger partial charge is 0.465 e. The molecular weight excluding hydrogens is 448 g/mol. The van der Waals surface area contributed by atoms with Crippen molar-refractivity contribution in [2.24, 2.45) is 17.8 Å². The lowest BCUT2D eigenvalue weighted by Crippen LogP contribution is -2.59. The van der Waals surface area contributed by atoms with Gasteiger partial charge in [-0.05, 0) is 38.5 Å². The molecule has 8 heteroatoms. The first-order valence-corrected chi connectivity index (χ1v) is 13.2. The van der Waals surface area contributed by atoms with Crippen molar-refractivity contribution in [3.63, 3.8) is 0 Å². The third-order valence-electron chi connectivity index (χ3n) is 8.12. The highest BCUT2D eigenvalue weighted by Gasteiger charge is 2.75. The molecule has 6 atom stereocenters. The summed E-state index contributed by atoms with van der Waals surface area (Å²) >= 11 is 0. The van der Waals surface area contributed by atoms with E-state index in [1.54, 1.807) is 4.90 Å². The number of amides is 2. The Balaban J connectivity index is 1.87. The van der Waals surface area contributed by atoms with Gasteiger partial charge in [0, 0.05) is 13.1 Å². The van der Waals surface area contributed by atoms with E-state index < -0.39 is 41.1 Å². The molecule has 0 aromatic rings. The predicted octanol–water partition coefficient (Wildman–Crippen LogP) is 2.46. The third kappa shape index (κ3) is 4.22. The average Bonchev–Trinajstić information content (AvgIpc) is 3.14. The van der Waals surface area contributed by atoms with Crippen LogP contribution in [0.15, 0.2) is 24.3 Å². The molecule has 0 aromatic heterocycles. The van der Waals surface area contributed by atoms with E-state index >= 15 is 0 Å². The molecule has 4 aliphatic heterocycles. The van der Waals surface area contributed by atoms with Gasteiger partial charge in [-0.15, -0.1) is 0 Å². The van der Waals surface area contributed by atoms with Gasteiger partial charge in [0.2, 0.25) is 11.8 Å². The van der Waals surface area contributed by atoms with Crippen LogP contribution < -0.4 is 0 Å². The number of rotatable bonds is 6. The van der Waals surface area contributed by atoms with Crippen molar-refractivity contribution in [3.05, 3.63) is 24.3 Å². The Morgan fingerprint density at radius 1 is 1.11 bits per heavy atom. The number of fused-ring (bicyclic) bond motifs is 2. The Hall–Kier alpha value is -2.19. The molecule has 8 nitrogen and oxygen atoms in total. The van der Waals surface area contributed by atoms with Crippen molar-refractivity contribution in [3.8, 4) is 0 Å². The molecular formula is C27H40N2O6. The van der Waals surface area contributed by atoms with Crippen molar-refractivity contribution < 1.29 is 29.0 Å². The molecule has 2 fully saturated rings. The van der Waals surface area contributed by atoms with Crippen molar-refractivity contribution in [1.82, 2.24) is 9.80 Å². The quantitative estimate of drug-likeness (QED) is 0.456. The third-order valence-corrected chi connectivity index (χ3v) is 8.12. The lowest BCUT2D eigenvalue weighted by atomic mass is 9.74. The molecule has 4 aliphatic rings. The van der Waals surface area contributed by atoms with Gasteiger partial charge in [0.05, 0.1) is 30.8 Å². The molecule has 0 aliphatic carbocycles. The van der Waals surface area contributed by atoms with E-state index in [0.717, 1.165) is 32.1 Å². The van der Waals surface area contributed by atoms with Crippen LogP contribution in [0.5, 0.6) is 0 Å². The summed E-state index contributed by atoms with van der Waals surface area (Å²) in [7, 11) is 0. The van der Waals surface area contributed by atoms with Crippen LogP contribution in [0, 0.1) is 17.8 Å². The van der Waals surface area contributed by atoms with Crippen molar-refractivity contribution >= 4 is 17.8 Å². The van der Waals surface area contributed by atoms with E-state index in [1.165, 1.54) is 4.90 Å². The minimum Gasteiger partial charge on any atom is -0.465 e. The van der Waals surface area contributed by atoms with Gasteiger partial charge in [0.15, 0.2) is 0 Å². The summed E-state index contributed by atoms with van der Waals surface area (Å²) in [5.74, 6) is -2.87. The minimum atomic E-state index is -1.31. The van der Waals surface area contributed by atoms with Crippen LogP contribution in [0.3, 0.4) is 0 Å². The number of hydrogen-bond donors (Lipinski definition) is 1. The van der Waals surface area contributed by atoms with E-state index in [9.17, 15) is 19.5 Å². The van der Waals surface area contributed by atoms with Gasteiger partial charge in [0.25, 0.3) is 0 Å². The van der Waals surface area contributed by atoms with Gasteiger partial charge in [-0.1, -0.05) is 51.5 Å². The summed E-state index contributed by atoms with van der Waals surface area (Å²) in [6, 6.07) is -1.52. The van der Waals surface area contributed by atoms with Crippen LogP contribution in [0.25, 0.3) is 0 Å². The molecule has 4 heterocycles. The second-order valence-corrected chi connectivity index (χ2v) is 10.8. The molecule has 0 saturated carbocycles. The zero-order valence-corrected chi connectivity index (χ0v) is 21.4. The van der Waals surface area contributed by atoms with Crippen LogP contribution in [0.2, 0.25) is 0 Å². The van der Waals surface area contributed by atoms with Gasteiger partial charge < -0.3 is 24.4 Å². The van der Waals surface area contributed by atoms with Crippen LogP contribution >= 0.6 is 0 Å². The Morgan fingerprint density at radius 2 is 1.89 bits per heavy atom. The first kappa shape index (κ1) is 25.9. The van der Waals surface area contributed by atoms with Crippen LogP contribution in [0.4, 0.5) is 0 Å². The molecule has 1 spiro atoms. The Bertz CT molecular complexity index is 900. The number of hydrogen-bond acceptors (Lipinski definition) is 6. The lowest BCUT2D eigenvalue weighted by Gasteiger charge is -2.41. The van der Waals surface area contributed by atoms with E-state index in [-0.39, 0.29) is 24.3 Å². The topological polar surface area (TPSA) is 96.4 Å². The fourth-order valence-corrected chi connectivity index (χ4v) is 6.31. The normalized spacial score (nSPS) is 37.0. The zero-order chi connectivity index (χ0) is 25.4. The van der Waals surface area contributed by atoms with Gasteiger partial charge in [-0.3, -0.25) is 14.4 Å². The number of carbonyl (C=O) groups is 3. The van der Waals surface area contributed by atoms with E-state index in [4.69, 9.17) is 9.47 Å².